The summed E-state index contributed by atoms with van der Waals surface area (Å²) in [6.45, 7) is 5.29. The molecular weight excluding hydrogens is 360 g/mol. The van der Waals surface area contributed by atoms with E-state index in [-0.39, 0.29) is 11.3 Å². The number of rotatable bonds is 5. The fourth-order valence-electron chi connectivity index (χ4n) is 3.59. The molecule has 140 valence electrons. The fraction of sp³-hybridized carbons (Fsp3) is 0.364. The van der Waals surface area contributed by atoms with Gasteiger partial charge in [0.1, 0.15) is 17.6 Å². The van der Waals surface area contributed by atoms with Gasteiger partial charge in [-0.2, -0.15) is 5.26 Å². The van der Waals surface area contributed by atoms with Gasteiger partial charge >= 0.3 is 0 Å². The summed E-state index contributed by atoms with van der Waals surface area (Å²) < 4.78 is 5.77. The highest BCUT2D eigenvalue weighted by Gasteiger charge is 2.29. The molecule has 1 unspecified atom stereocenters. The number of carbonyl (C=O) groups excluding carboxylic acids is 1. The van der Waals surface area contributed by atoms with E-state index >= 15 is 0 Å². The number of para-hydroxylation sites is 1. The van der Waals surface area contributed by atoms with Crippen LogP contribution in [-0.4, -0.2) is 17.9 Å². The number of hydrogen-bond donors (Lipinski definition) is 1. The maximum absolute atomic E-state index is 12.7. The lowest BCUT2D eigenvalue weighted by Crippen LogP contribution is -2.46. The van der Waals surface area contributed by atoms with Crippen molar-refractivity contribution in [2.45, 2.75) is 38.6 Å². The zero-order valence-corrected chi connectivity index (χ0v) is 16.3. The summed E-state index contributed by atoms with van der Waals surface area (Å²) in [5.74, 6) is 1.35. The van der Waals surface area contributed by atoms with Gasteiger partial charge in [0.05, 0.1) is 10.6 Å². The van der Waals surface area contributed by atoms with E-state index < -0.39 is 0 Å². The Labute approximate surface area is 165 Å². The number of benzene rings is 2. The van der Waals surface area contributed by atoms with Crippen molar-refractivity contribution in [3.8, 4) is 17.6 Å². The van der Waals surface area contributed by atoms with Crippen LogP contribution in [0.15, 0.2) is 42.5 Å². The Balaban J connectivity index is 1.71. The van der Waals surface area contributed by atoms with Crippen molar-refractivity contribution in [3.63, 3.8) is 0 Å². The highest BCUT2D eigenvalue weighted by Crippen LogP contribution is 2.33. The first-order chi connectivity index (χ1) is 12.9. The second kappa shape index (κ2) is 8.12. The van der Waals surface area contributed by atoms with Crippen molar-refractivity contribution in [2.24, 2.45) is 5.92 Å². The zero-order chi connectivity index (χ0) is 19.4. The first-order valence-electron chi connectivity index (χ1n) is 9.13. The number of ketones is 1. The van der Waals surface area contributed by atoms with Crippen LogP contribution in [0.25, 0.3) is 0 Å². The van der Waals surface area contributed by atoms with E-state index in [1.165, 1.54) is 0 Å². The number of ether oxygens (including phenoxy) is 1. The van der Waals surface area contributed by atoms with E-state index in [1.807, 2.05) is 0 Å². The van der Waals surface area contributed by atoms with Gasteiger partial charge in [0.15, 0.2) is 5.78 Å². The quantitative estimate of drug-likeness (QED) is 0.707. The molecule has 2 aromatic rings. The van der Waals surface area contributed by atoms with Gasteiger partial charge in [-0.25, -0.2) is 0 Å². The molecule has 27 heavy (non-hydrogen) atoms. The number of piperidine rings is 1. The molecule has 0 aliphatic carbocycles. The standard InChI is InChI=1S/C22H23ClN2O2/c1-22(2)13-15(9-10-25-22)11-19(26)16-7-8-21(18(23)12-16)27-20-6-4-3-5-17(20)14-24/h3-8,12,15,25H,9-11,13H2,1-2H3. The number of nitrogens with one attached hydrogen (secondary N) is 1. The minimum atomic E-state index is 0.0761. The Kier molecular flexibility index (Phi) is 5.84. The smallest absolute Gasteiger partial charge is 0.163 e. The topological polar surface area (TPSA) is 62.1 Å². The summed E-state index contributed by atoms with van der Waals surface area (Å²) >= 11 is 6.34. The molecule has 3 rings (SSSR count). The van der Waals surface area contributed by atoms with Gasteiger partial charge in [-0.05, 0) is 69.5 Å². The number of hydrogen-bond acceptors (Lipinski definition) is 4. The van der Waals surface area contributed by atoms with E-state index in [9.17, 15) is 4.79 Å². The predicted molar refractivity (Wildman–Crippen MR) is 106 cm³/mol. The van der Waals surface area contributed by atoms with Gasteiger partial charge in [0.25, 0.3) is 0 Å². The third-order valence-corrected chi connectivity index (χ3v) is 5.21. The largest absolute Gasteiger partial charge is 0.454 e. The van der Waals surface area contributed by atoms with Crippen molar-refractivity contribution in [1.29, 1.82) is 5.26 Å². The molecule has 0 aromatic heterocycles. The Morgan fingerprint density at radius 1 is 1.30 bits per heavy atom. The molecule has 4 nitrogen and oxygen atoms in total. The molecule has 5 heteroatoms. The molecule has 2 aromatic carbocycles. The molecule has 1 atom stereocenters. The van der Waals surface area contributed by atoms with Crippen molar-refractivity contribution in [3.05, 3.63) is 58.6 Å². The summed E-state index contributed by atoms with van der Waals surface area (Å²) in [4.78, 5) is 12.7. The molecule has 1 aliphatic heterocycles. The normalized spacial score (nSPS) is 18.5. The SMILES string of the molecule is CC1(C)CC(CC(=O)c2ccc(Oc3ccccc3C#N)c(Cl)c2)CCN1. The summed E-state index contributed by atoms with van der Waals surface area (Å²) in [7, 11) is 0. The first kappa shape index (κ1) is 19.4. The molecule has 1 heterocycles. The van der Waals surface area contributed by atoms with Crippen LogP contribution in [0.2, 0.25) is 5.02 Å². The summed E-state index contributed by atoms with van der Waals surface area (Å²) in [5.41, 5.74) is 1.10. The van der Waals surface area contributed by atoms with Crippen molar-refractivity contribution >= 4 is 17.4 Å². The van der Waals surface area contributed by atoms with E-state index in [0.717, 1.165) is 19.4 Å². The average molecular weight is 383 g/mol. The highest BCUT2D eigenvalue weighted by molar-refractivity contribution is 6.32. The molecule has 0 amide bonds. The Morgan fingerprint density at radius 3 is 2.78 bits per heavy atom. The monoisotopic (exact) mass is 382 g/mol. The zero-order valence-electron chi connectivity index (χ0n) is 15.6. The summed E-state index contributed by atoms with van der Waals surface area (Å²) in [5, 5.41) is 13.0. The molecule has 1 saturated heterocycles. The van der Waals surface area contributed by atoms with Crippen LogP contribution >= 0.6 is 11.6 Å². The number of nitrogens with zero attached hydrogens (tertiary/aromatic N) is 1. The summed E-state index contributed by atoms with van der Waals surface area (Å²) in [6, 6.07) is 14.1. The summed E-state index contributed by atoms with van der Waals surface area (Å²) in [6.07, 6.45) is 2.52. The van der Waals surface area contributed by atoms with Crippen LogP contribution < -0.4 is 10.1 Å². The van der Waals surface area contributed by atoms with Crippen LogP contribution in [-0.2, 0) is 0 Å². The van der Waals surface area contributed by atoms with Gasteiger partial charge in [-0.3, -0.25) is 4.79 Å². The lowest BCUT2D eigenvalue weighted by molar-refractivity contribution is 0.0935. The third kappa shape index (κ3) is 4.88. The minimum absolute atomic E-state index is 0.0761. The van der Waals surface area contributed by atoms with Crippen molar-refractivity contribution < 1.29 is 9.53 Å². The van der Waals surface area contributed by atoms with Crippen LogP contribution in [0.3, 0.4) is 0 Å². The Hall–Kier alpha value is -2.35. The van der Waals surface area contributed by atoms with E-state index in [4.69, 9.17) is 21.6 Å². The van der Waals surface area contributed by atoms with Crippen LogP contribution in [0.1, 0.15) is 49.0 Å². The van der Waals surface area contributed by atoms with E-state index in [2.05, 4.69) is 25.2 Å². The molecule has 0 bridgehead atoms. The second-order valence-corrected chi connectivity index (χ2v) is 8.06. The third-order valence-electron chi connectivity index (χ3n) is 4.91. The average Bonchev–Trinajstić information content (AvgIpc) is 2.63. The van der Waals surface area contributed by atoms with Gasteiger partial charge in [-0.15, -0.1) is 0 Å². The van der Waals surface area contributed by atoms with Gasteiger partial charge in [-0.1, -0.05) is 23.7 Å². The lowest BCUT2D eigenvalue weighted by atomic mass is 9.81. The van der Waals surface area contributed by atoms with Crippen LogP contribution in [0, 0.1) is 17.2 Å². The minimum Gasteiger partial charge on any atom is -0.454 e. The van der Waals surface area contributed by atoms with Gasteiger partial charge in [0, 0.05) is 17.5 Å². The van der Waals surface area contributed by atoms with Gasteiger partial charge < -0.3 is 10.1 Å². The first-order valence-corrected chi connectivity index (χ1v) is 9.50. The molecular formula is C22H23ClN2O2. The Morgan fingerprint density at radius 2 is 2.07 bits per heavy atom. The maximum Gasteiger partial charge on any atom is 0.163 e. The Bertz CT molecular complexity index is 886. The molecule has 1 fully saturated rings. The second-order valence-electron chi connectivity index (χ2n) is 7.65. The number of carbonyl (C=O) groups is 1. The van der Waals surface area contributed by atoms with E-state index in [0.29, 0.717) is 40.0 Å². The van der Waals surface area contributed by atoms with Crippen molar-refractivity contribution in [2.75, 3.05) is 6.54 Å². The van der Waals surface area contributed by atoms with Crippen LogP contribution in [0.4, 0.5) is 0 Å². The van der Waals surface area contributed by atoms with Crippen LogP contribution in [0.5, 0.6) is 11.5 Å². The lowest BCUT2D eigenvalue weighted by Gasteiger charge is -2.36. The van der Waals surface area contributed by atoms with Gasteiger partial charge in [0.2, 0.25) is 0 Å². The molecule has 0 spiro atoms. The molecule has 0 saturated carbocycles. The molecule has 1 N–H and O–H groups in total. The molecule has 0 radical (unpaired) electrons. The number of nitriles is 1. The molecule has 1 aliphatic rings. The fourth-order valence-corrected chi connectivity index (χ4v) is 3.81. The van der Waals surface area contributed by atoms with Crippen molar-refractivity contribution in [1.82, 2.24) is 5.32 Å². The number of halogens is 1. The maximum atomic E-state index is 12.7. The highest BCUT2D eigenvalue weighted by atomic mass is 35.5. The van der Waals surface area contributed by atoms with E-state index in [1.54, 1.807) is 42.5 Å². The predicted octanol–water partition coefficient (Wildman–Crippen LogP) is 5.35. The number of Topliss-reactive ketones (excluding diaryl/α,β-unsaturated/α-hetero) is 1.